The number of anilines is 2. The predicted molar refractivity (Wildman–Crippen MR) is 91.3 cm³/mol. The van der Waals surface area contributed by atoms with Gasteiger partial charge in [-0.05, 0) is 53.2 Å². The Kier molecular flexibility index (Phi) is 5.57. The first-order valence-electron chi connectivity index (χ1n) is 6.55. The first kappa shape index (κ1) is 17.2. The van der Waals surface area contributed by atoms with Gasteiger partial charge in [-0.2, -0.15) is 0 Å². The van der Waals surface area contributed by atoms with E-state index in [-0.39, 0.29) is 11.4 Å². The largest absolute Gasteiger partial charge is 0.449 e. The lowest BCUT2D eigenvalue weighted by Gasteiger charge is -2.14. The minimum Gasteiger partial charge on any atom is -0.449 e. The molecule has 1 atom stereocenters. The van der Waals surface area contributed by atoms with E-state index in [0.717, 1.165) is 0 Å². The monoisotopic (exact) mass is 397 g/mol. The van der Waals surface area contributed by atoms with Gasteiger partial charge in [0.2, 0.25) is 0 Å². The molecule has 0 saturated carbocycles. The van der Waals surface area contributed by atoms with Crippen LogP contribution in [0.3, 0.4) is 0 Å². The molecule has 8 heteroatoms. The molecule has 1 aromatic heterocycles. The molecular formula is C15H13BrClN3O3. The van der Waals surface area contributed by atoms with E-state index < -0.39 is 18.0 Å². The minimum atomic E-state index is -1.00. The van der Waals surface area contributed by atoms with Crippen LogP contribution in [-0.2, 0) is 9.53 Å². The van der Waals surface area contributed by atoms with Gasteiger partial charge in [0, 0.05) is 21.4 Å². The zero-order chi connectivity index (χ0) is 17.0. The Bertz CT molecular complexity index is 737. The molecule has 0 bridgehead atoms. The maximum absolute atomic E-state index is 12.1. The summed E-state index contributed by atoms with van der Waals surface area (Å²) >= 11 is 8.97. The summed E-state index contributed by atoms with van der Waals surface area (Å²) in [6.45, 7) is 1.46. The molecule has 0 aliphatic heterocycles. The van der Waals surface area contributed by atoms with Crippen molar-refractivity contribution in [3.63, 3.8) is 0 Å². The van der Waals surface area contributed by atoms with E-state index in [2.05, 4.69) is 26.2 Å². The molecule has 6 nitrogen and oxygen atoms in total. The number of nitrogen functional groups attached to an aromatic ring is 1. The Balaban J connectivity index is 2.01. The lowest BCUT2D eigenvalue weighted by molar-refractivity contribution is -0.123. The summed E-state index contributed by atoms with van der Waals surface area (Å²) < 4.78 is 5.69. The molecule has 0 aliphatic rings. The van der Waals surface area contributed by atoms with Crippen LogP contribution in [-0.4, -0.2) is 23.0 Å². The molecule has 1 aromatic carbocycles. The summed E-state index contributed by atoms with van der Waals surface area (Å²) in [7, 11) is 0. The van der Waals surface area contributed by atoms with Crippen molar-refractivity contribution in [3.8, 4) is 0 Å². The van der Waals surface area contributed by atoms with E-state index in [0.29, 0.717) is 15.2 Å². The molecular weight excluding hydrogens is 386 g/mol. The molecule has 2 rings (SSSR count). The second-order valence-corrected chi connectivity index (χ2v) is 5.98. The summed E-state index contributed by atoms with van der Waals surface area (Å²) in [4.78, 5) is 28.0. The van der Waals surface area contributed by atoms with Crippen LogP contribution in [0.2, 0.25) is 5.02 Å². The number of rotatable bonds is 4. The number of esters is 1. The third-order valence-corrected chi connectivity index (χ3v) is 3.56. The van der Waals surface area contributed by atoms with Crippen molar-refractivity contribution in [2.45, 2.75) is 13.0 Å². The second kappa shape index (κ2) is 7.43. The van der Waals surface area contributed by atoms with Gasteiger partial charge >= 0.3 is 5.97 Å². The van der Waals surface area contributed by atoms with Crippen LogP contribution >= 0.6 is 27.5 Å². The number of hydrogen-bond acceptors (Lipinski definition) is 5. The summed E-state index contributed by atoms with van der Waals surface area (Å²) in [5.41, 5.74) is 6.27. The van der Waals surface area contributed by atoms with Crippen molar-refractivity contribution >= 4 is 50.9 Å². The van der Waals surface area contributed by atoms with Gasteiger partial charge in [0.05, 0.1) is 0 Å². The molecule has 0 unspecified atom stereocenters. The fraction of sp³-hybridized carbons (Fsp3) is 0.133. The van der Waals surface area contributed by atoms with E-state index in [1.807, 2.05) is 0 Å². The smallest absolute Gasteiger partial charge is 0.342 e. The fourth-order valence-electron chi connectivity index (χ4n) is 1.67. The van der Waals surface area contributed by atoms with E-state index >= 15 is 0 Å². The zero-order valence-electron chi connectivity index (χ0n) is 12.0. The number of nitrogens with two attached hydrogens (primary N) is 1. The van der Waals surface area contributed by atoms with Gasteiger partial charge in [0.25, 0.3) is 5.91 Å². The molecule has 0 aliphatic carbocycles. The second-order valence-electron chi connectivity index (χ2n) is 4.63. The van der Waals surface area contributed by atoms with Crippen molar-refractivity contribution in [2.24, 2.45) is 0 Å². The van der Waals surface area contributed by atoms with Gasteiger partial charge in [0.1, 0.15) is 11.4 Å². The topological polar surface area (TPSA) is 94.3 Å². The van der Waals surface area contributed by atoms with Crippen LogP contribution in [0, 0.1) is 0 Å². The average Bonchev–Trinajstić information content (AvgIpc) is 2.51. The zero-order valence-corrected chi connectivity index (χ0v) is 14.4. The number of nitrogens with zero attached hydrogens (tertiary/aromatic N) is 1. The standard InChI is InChI=1S/C15H13BrClN3O3/c1-8(14(21)20-11-4-2-10(17)3-5-11)23-15(22)12-6-9(16)7-19-13(12)18/h2-8H,1H3,(H2,18,19)(H,20,21)/t8-/m0/s1. The van der Waals surface area contributed by atoms with E-state index in [1.165, 1.54) is 19.2 Å². The Morgan fingerprint density at radius 1 is 1.35 bits per heavy atom. The van der Waals surface area contributed by atoms with Crippen LogP contribution < -0.4 is 11.1 Å². The van der Waals surface area contributed by atoms with Gasteiger partial charge in [-0.25, -0.2) is 9.78 Å². The van der Waals surface area contributed by atoms with Gasteiger partial charge in [-0.1, -0.05) is 11.6 Å². The Morgan fingerprint density at radius 2 is 2.00 bits per heavy atom. The highest BCUT2D eigenvalue weighted by atomic mass is 79.9. The van der Waals surface area contributed by atoms with E-state index in [1.54, 1.807) is 24.3 Å². The fourth-order valence-corrected chi connectivity index (χ4v) is 2.13. The number of halogens is 2. The van der Waals surface area contributed by atoms with Gasteiger partial charge in [-0.15, -0.1) is 0 Å². The molecule has 2 aromatic rings. The molecule has 1 amide bonds. The minimum absolute atomic E-state index is 0.0310. The first-order chi connectivity index (χ1) is 10.9. The van der Waals surface area contributed by atoms with Crippen molar-refractivity contribution in [2.75, 3.05) is 11.1 Å². The quantitative estimate of drug-likeness (QED) is 0.771. The van der Waals surface area contributed by atoms with Crippen LogP contribution in [0.15, 0.2) is 41.0 Å². The number of pyridine rings is 1. The number of hydrogen-bond donors (Lipinski definition) is 2. The number of ether oxygens (including phenoxy) is 1. The number of aromatic nitrogens is 1. The molecule has 23 heavy (non-hydrogen) atoms. The van der Waals surface area contributed by atoms with Crippen molar-refractivity contribution < 1.29 is 14.3 Å². The summed E-state index contributed by atoms with van der Waals surface area (Å²) in [5.74, 6) is -1.17. The molecule has 0 radical (unpaired) electrons. The molecule has 0 saturated heterocycles. The number of carbonyl (C=O) groups is 2. The molecule has 0 fully saturated rings. The molecule has 1 heterocycles. The molecule has 120 valence electrons. The third kappa shape index (κ3) is 4.67. The molecule has 0 spiro atoms. The number of amides is 1. The van der Waals surface area contributed by atoms with Crippen LogP contribution in [0.25, 0.3) is 0 Å². The highest BCUT2D eigenvalue weighted by molar-refractivity contribution is 9.10. The summed E-state index contributed by atoms with van der Waals surface area (Å²) in [6.07, 6.45) is 0.458. The molecule has 3 N–H and O–H groups in total. The van der Waals surface area contributed by atoms with Crippen molar-refractivity contribution in [1.82, 2.24) is 4.98 Å². The SMILES string of the molecule is C[C@H](OC(=O)c1cc(Br)cnc1N)C(=O)Nc1ccc(Cl)cc1. The maximum atomic E-state index is 12.1. The van der Waals surface area contributed by atoms with Crippen LogP contribution in [0.1, 0.15) is 17.3 Å². The summed E-state index contributed by atoms with van der Waals surface area (Å²) in [5, 5.41) is 3.18. The highest BCUT2D eigenvalue weighted by Crippen LogP contribution is 2.18. The van der Waals surface area contributed by atoms with Crippen LogP contribution in [0.4, 0.5) is 11.5 Å². The van der Waals surface area contributed by atoms with Crippen LogP contribution in [0.5, 0.6) is 0 Å². The third-order valence-electron chi connectivity index (χ3n) is 2.87. The maximum Gasteiger partial charge on any atom is 0.342 e. The van der Waals surface area contributed by atoms with Crippen molar-refractivity contribution in [3.05, 3.63) is 51.6 Å². The first-order valence-corrected chi connectivity index (χ1v) is 7.72. The summed E-state index contributed by atoms with van der Waals surface area (Å²) in [6, 6.07) is 8.05. The van der Waals surface area contributed by atoms with Gasteiger partial charge in [0.15, 0.2) is 6.10 Å². The average molecular weight is 399 g/mol. The number of nitrogens with one attached hydrogen (secondary N) is 1. The Morgan fingerprint density at radius 3 is 2.65 bits per heavy atom. The van der Waals surface area contributed by atoms with E-state index in [9.17, 15) is 9.59 Å². The predicted octanol–water partition coefficient (Wildman–Crippen LogP) is 3.26. The Hall–Kier alpha value is -2.12. The van der Waals surface area contributed by atoms with Gasteiger partial charge in [-0.3, -0.25) is 4.79 Å². The number of carbonyl (C=O) groups excluding carboxylic acids is 2. The lowest BCUT2D eigenvalue weighted by Crippen LogP contribution is -2.30. The van der Waals surface area contributed by atoms with E-state index in [4.69, 9.17) is 22.1 Å². The van der Waals surface area contributed by atoms with Gasteiger partial charge < -0.3 is 15.8 Å². The van der Waals surface area contributed by atoms with Crippen molar-refractivity contribution in [1.29, 1.82) is 0 Å². The normalized spacial score (nSPS) is 11.6. The lowest BCUT2D eigenvalue weighted by atomic mass is 10.2. The Labute approximate surface area is 146 Å². The highest BCUT2D eigenvalue weighted by Gasteiger charge is 2.21. The number of benzene rings is 1.